The van der Waals surface area contributed by atoms with Gasteiger partial charge in [0, 0.05) is 26.8 Å². The van der Waals surface area contributed by atoms with Crippen molar-refractivity contribution in [2.24, 2.45) is 0 Å². The molecule has 0 aromatic heterocycles. The molecule has 0 aromatic carbocycles. The van der Waals surface area contributed by atoms with Crippen LogP contribution in [0.2, 0.25) is 0 Å². The first-order valence-electron chi connectivity index (χ1n) is 6.89. The summed E-state index contributed by atoms with van der Waals surface area (Å²) in [5.41, 5.74) is 0. The number of carbonyl (C=O) groups is 1. The minimum absolute atomic E-state index is 0.122. The zero-order valence-electron chi connectivity index (χ0n) is 11.8. The molecule has 2 aliphatic rings. The van der Waals surface area contributed by atoms with Crippen molar-refractivity contribution in [3.63, 3.8) is 0 Å². The molecule has 6 heteroatoms. The molecule has 2 heterocycles. The second-order valence-electron chi connectivity index (χ2n) is 5.11. The van der Waals surface area contributed by atoms with Gasteiger partial charge in [0.15, 0.2) is 0 Å². The van der Waals surface area contributed by atoms with Crippen LogP contribution in [0.15, 0.2) is 0 Å². The Kier molecular flexibility index (Phi) is 5.57. The molecule has 2 unspecified atom stereocenters. The van der Waals surface area contributed by atoms with Gasteiger partial charge in [-0.05, 0) is 13.5 Å². The average Bonchev–Trinajstić information content (AvgIpc) is 2.45. The van der Waals surface area contributed by atoms with Gasteiger partial charge < -0.3 is 19.1 Å². The molecule has 1 amide bonds. The first-order chi connectivity index (χ1) is 9.24. The van der Waals surface area contributed by atoms with Crippen molar-refractivity contribution in [3.8, 4) is 0 Å². The quantitative estimate of drug-likeness (QED) is 0.696. The van der Waals surface area contributed by atoms with Gasteiger partial charge in [0.2, 0.25) is 5.91 Å². The number of hydrogen-bond acceptors (Lipinski definition) is 5. The van der Waals surface area contributed by atoms with E-state index in [0.29, 0.717) is 39.6 Å². The van der Waals surface area contributed by atoms with E-state index >= 15 is 0 Å². The van der Waals surface area contributed by atoms with Gasteiger partial charge in [0.1, 0.15) is 6.04 Å². The molecule has 2 rings (SSSR count). The number of carbonyl (C=O) groups excluding carboxylic acids is 1. The number of rotatable bonds is 4. The lowest BCUT2D eigenvalue weighted by Crippen LogP contribution is -2.58. The van der Waals surface area contributed by atoms with Crippen LogP contribution in [-0.2, 0) is 19.0 Å². The molecule has 6 nitrogen and oxygen atoms in total. The van der Waals surface area contributed by atoms with E-state index in [2.05, 4.69) is 4.90 Å². The molecule has 2 aliphatic heterocycles. The van der Waals surface area contributed by atoms with E-state index < -0.39 is 0 Å². The van der Waals surface area contributed by atoms with Crippen molar-refractivity contribution in [2.45, 2.75) is 18.5 Å². The SMILES string of the molecule is COCCC1COCCN1C(=O)C1COCCN1C. The zero-order chi connectivity index (χ0) is 13.7. The van der Waals surface area contributed by atoms with Crippen molar-refractivity contribution in [3.05, 3.63) is 0 Å². The molecule has 0 saturated carbocycles. The Labute approximate surface area is 114 Å². The number of likely N-dealkylation sites (N-methyl/N-ethyl adjacent to an activating group) is 1. The lowest BCUT2D eigenvalue weighted by atomic mass is 10.1. The van der Waals surface area contributed by atoms with Crippen LogP contribution in [0.4, 0.5) is 0 Å². The molecule has 2 fully saturated rings. The molecular formula is C13H24N2O4. The van der Waals surface area contributed by atoms with E-state index in [0.717, 1.165) is 13.0 Å². The van der Waals surface area contributed by atoms with Gasteiger partial charge in [-0.15, -0.1) is 0 Å². The molecule has 2 atom stereocenters. The Morgan fingerprint density at radius 3 is 2.74 bits per heavy atom. The summed E-state index contributed by atoms with van der Waals surface area (Å²) in [6.07, 6.45) is 0.819. The van der Waals surface area contributed by atoms with Crippen molar-refractivity contribution in [1.82, 2.24) is 9.80 Å². The molecule has 0 N–H and O–H groups in total. The highest BCUT2D eigenvalue weighted by molar-refractivity contribution is 5.82. The lowest BCUT2D eigenvalue weighted by molar-refractivity contribution is -0.151. The van der Waals surface area contributed by atoms with Crippen LogP contribution in [0, 0.1) is 0 Å². The van der Waals surface area contributed by atoms with Gasteiger partial charge in [0.05, 0.1) is 32.5 Å². The third-order valence-electron chi connectivity index (χ3n) is 3.85. The lowest BCUT2D eigenvalue weighted by Gasteiger charge is -2.40. The van der Waals surface area contributed by atoms with Gasteiger partial charge in [-0.2, -0.15) is 0 Å². The standard InChI is InChI=1S/C13H24N2O4/c1-14-4-7-19-10-12(14)13(16)15-5-8-18-9-11(15)3-6-17-2/h11-12H,3-10H2,1-2H3. The van der Waals surface area contributed by atoms with E-state index in [4.69, 9.17) is 14.2 Å². The second-order valence-corrected chi connectivity index (χ2v) is 5.11. The number of methoxy groups -OCH3 is 1. The van der Waals surface area contributed by atoms with Crippen LogP contribution in [0.1, 0.15) is 6.42 Å². The smallest absolute Gasteiger partial charge is 0.242 e. The highest BCUT2D eigenvalue weighted by Crippen LogP contribution is 2.15. The van der Waals surface area contributed by atoms with E-state index in [9.17, 15) is 4.79 Å². The number of nitrogens with zero attached hydrogens (tertiary/aromatic N) is 2. The van der Waals surface area contributed by atoms with E-state index in [1.165, 1.54) is 0 Å². The summed E-state index contributed by atoms with van der Waals surface area (Å²) in [6, 6.07) is -0.0339. The van der Waals surface area contributed by atoms with Crippen LogP contribution < -0.4 is 0 Å². The van der Waals surface area contributed by atoms with Crippen LogP contribution >= 0.6 is 0 Å². The van der Waals surface area contributed by atoms with E-state index in [-0.39, 0.29) is 18.0 Å². The summed E-state index contributed by atoms with van der Waals surface area (Å²) in [7, 11) is 3.66. The Morgan fingerprint density at radius 1 is 1.26 bits per heavy atom. The highest BCUT2D eigenvalue weighted by atomic mass is 16.5. The van der Waals surface area contributed by atoms with E-state index in [1.54, 1.807) is 7.11 Å². The Bertz CT molecular complexity index is 300. The molecule has 0 bridgehead atoms. The van der Waals surface area contributed by atoms with Gasteiger partial charge in [-0.1, -0.05) is 0 Å². The summed E-state index contributed by atoms with van der Waals surface area (Å²) < 4.78 is 16.0. The Balaban J connectivity index is 1.97. The molecular weight excluding hydrogens is 248 g/mol. The van der Waals surface area contributed by atoms with Crippen LogP contribution in [0.5, 0.6) is 0 Å². The van der Waals surface area contributed by atoms with Crippen LogP contribution in [-0.4, -0.2) is 88.1 Å². The molecule has 110 valence electrons. The minimum atomic E-state index is -0.156. The van der Waals surface area contributed by atoms with Gasteiger partial charge >= 0.3 is 0 Å². The summed E-state index contributed by atoms with van der Waals surface area (Å²) in [5.74, 6) is 0.159. The number of ether oxygens (including phenoxy) is 3. The van der Waals surface area contributed by atoms with Crippen LogP contribution in [0.25, 0.3) is 0 Å². The Hall–Kier alpha value is -0.690. The second kappa shape index (κ2) is 7.19. The fourth-order valence-electron chi connectivity index (χ4n) is 2.58. The summed E-state index contributed by atoms with van der Waals surface area (Å²) in [5, 5.41) is 0. The number of amides is 1. The topological polar surface area (TPSA) is 51.2 Å². The summed E-state index contributed by atoms with van der Waals surface area (Å²) in [6.45, 7) is 4.54. The molecule has 0 aromatic rings. The minimum Gasteiger partial charge on any atom is -0.385 e. The maximum absolute atomic E-state index is 12.6. The summed E-state index contributed by atoms with van der Waals surface area (Å²) >= 11 is 0. The Morgan fingerprint density at radius 2 is 2.00 bits per heavy atom. The molecule has 0 aliphatic carbocycles. The van der Waals surface area contributed by atoms with Crippen molar-refractivity contribution in [2.75, 3.05) is 60.3 Å². The van der Waals surface area contributed by atoms with Gasteiger partial charge in [-0.3, -0.25) is 9.69 Å². The average molecular weight is 272 g/mol. The molecule has 0 spiro atoms. The molecule has 0 radical (unpaired) electrons. The van der Waals surface area contributed by atoms with Gasteiger partial charge in [0.25, 0.3) is 0 Å². The van der Waals surface area contributed by atoms with Gasteiger partial charge in [-0.25, -0.2) is 0 Å². The first kappa shape index (κ1) is 14.7. The maximum atomic E-state index is 12.6. The molecule has 2 saturated heterocycles. The van der Waals surface area contributed by atoms with Crippen molar-refractivity contribution < 1.29 is 19.0 Å². The third kappa shape index (κ3) is 3.66. The fraction of sp³-hybridized carbons (Fsp3) is 0.923. The highest BCUT2D eigenvalue weighted by Gasteiger charge is 2.35. The largest absolute Gasteiger partial charge is 0.385 e. The van der Waals surface area contributed by atoms with E-state index in [1.807, 2.05) is 11.9 Å². The predicted molar refractivity (Wildman–Crippen MR) is 70.1 cm³/mol. The summed E-state index contributed by atoms with van der Waals surface area (Å²) in [4.78, 5) is 16.7. The number of morpholine rings is 2. The van der Waals surface area contributed by atoms with Crippen LogP contribution in [0.3, 0.4) is 0 Å². The number of hydrogen-bond donors (Lipinski definition) is 0. The van der Waals surface area contributed by atoms with Crippen molar-refractivity contribution in [1.29, 1.82) is 0 Å². The zero-order valence-corrected chi connectivity index (χ0v) is 11.8. The molecule has 19 heavy (non-hydrogen) atoms. The third-order valence-corrected chi connectivity index (χ3v) is 3.85. The predicted octanol–water partition coefficient (Wildman–Crippen LogP) is -0.419. The maximum Gasteiger partial charge on any atom is 0.242 e. The van der Waals surface area contributed by atoms with Crippen molar-refractivity contribution >= 4 is 5.91 Å². The fourth-order valence-corrected chi connectivity index (χ4v) is 2.58. The normalized spacial score (nSPS) is 29.5. The first-order valence-corrected chi connectivity index (χ1v) is 6.89. The monoisotopic (exact) mass is 272 g/mol.